The number of ether oxygens (including phenoxy) is 1. The highest BCUT2D eigenvalue weighted by Gasteiger charge is 2.30. The van der Waals surface area contributed by atoms with Gasteiger partial charge in [-0.25, -0.2) is 9.97 Å². The second kappa shape index (κ2) is 6.95. The molecule has 0 fully saturated rings. The molecule has 0 N–H and O–H groups in total. The van der Waals surface area contributed by atoms with Gasteiger partial charge in [-0.3, -0.25) is 4.99 Å². The number of hydrogen-bond acceptors (Lipinski definition) is 5. The minimum absolute atomic E-state index is 0.293. The van der Waals surface area contributed by atoms with Gasteiger partial charge in [0.15, 0.2) is 5.75 Å². The van der Waals surface area contributed by atoms with Gasteiger partial charge in [-0.15, -0.1) is 0 Å². The van der Waals surface area contributed by atoms with Crippen LogP contribution in [0.25, 0.3) is 11.3 Å². The van der Waals surface area contributed by atoms with Crippen molar-refractivity contribution in [3.05, 3.63) is 60.4 Å². The average Bonchev–Trinajstić information content (AvgIpc) is 2.68. The minimum atomic E-state index is -4.38. The van der Waals surface area contributed by atoms with Crippen molar-refractivity contribution in [3.8, 4) is 22.9 Å². The molecular weight excluding hydrogens is 369 g/mol. The van der Waals surface area contributed by atoms with E-state index in [2.05, 4.69) is 15.0 Å². The lowest BCUT2D eigenvalue weighted by Crippen LogP contribution is -2.22. The lowest BCUT2D eigenvalue weighted by Gasteiger charge is -2.25. The molecule has 3 aromatic rings. The number of hydrogen-bond donors (Lipinski definition) is 0. The first kappa shape index (κ1) is 18.0. The zero-order valence-electron chi connectivity index (χ0n) is 14.8. The van der Waals surface area contributed by atoms with Crippen molar-refractivity contribution in [2.75, 3.05) is 18.5 Å². The Morgan fingerprint density at radius 3 is 2.57 bits per heavy atom. The summed E-state index contributed by atoms with van der Waals surface area (Å²) < 4.78 is 44.2. The summed E-state index contributed by atoms with van der Waals surface area (Å²) in [6.07, 6.45) is -1.24. The molecule has 28 heavy (non-hydrogen) atoms. The van der Waals surface area contributed by atoms with Gasteiger partial charge < -0.3 is 9.64 Å². The van der Waals surface area contributed by atoms with E-state index < -0.39 is 11.7 Å². The fourth-order valence-corrected chi connectivity index (χ4v) is 2.93. The van der Waals surface area contributed by atoms with Crippen LogP contribution < -0.4 is 9.64 Å². The van der Waals surface area contributed by atoms with Crippen molar-refractivity contribution in [2.45, 2.75) is 6.18 Å². The van der Waals surface area contributed by atoms with Crippen LogP contribution in [-0.2, 0) is 6.18 Å². The van der Waals surface area contributed by atoms with E-state index >= 15 is 0 Å². The molecule has 8 heteroatoms. The molecule has 2 aromatic carbocycles. The molecule has 1 aliphatic heterocycles. The molecule has 0 spiro atoms. The van der Waals surface area contributed by atoms with Crippen LogP contribution in [0.15, 0.2) is 59.9 Å². The molecule has 0 amide bonds. The molecule has 1 aliphatic rings. The fourth-order valence-electron chi connectivity index (χ4n) is 2.93. The van der Waals surface area contributed by atoms with Gasteiger partial charge in [0.1, 0.15) is 12.0 Å². The number of halogens is 3. The predicted octanol–water partition coefficient (Wildman–Crippen LogP) is 5.11. The van der Waals surface area contributed by atoms with E-state index in [1.807, 2.05) is 36.4 Å². The van der Waals surface area contributed by atoms with Gasteiger partial charge in [0.2, 0.25) is 5.88 Å². The maximum absolute atomic E-state index is 12.7. The first-order chi connectivity index (χ1) is 13.4. The molecule has 0 saturated carbocycles. The van der Waals surface area contributed by atoms with Crippen molar-refractivity contribution >= 4 is 17.6 Å². The molecule has 0 aliphatic carbocycles. The van der Waals surface area contributed by atoms with Crippen LogP contribution in [0.1, 0.15) is 5.56 Å². The number of nitrogens with zero attached hydrogens (tertiary/aromatic N) is 4. The van der Waals surface area contributed by atoms with E-state index in [0.29, 0.717) is 29.4 Å². The van der Waals surface area contributed by atoms with E-state index in [4.69, 9.17) is 4.74 Å². The summed E-state index contributed by atoms with van der Waals surface area (Å²) in [5, 5.41) is 0. The second-order valence-corrected chi connectivity index (χ2v) is 6.23. The lowest BCUT2D eigenvalue weighted by atomic mass is 10.1. The Labute approximate surface area is 159 Å². The number of anilines is 1. The Morgan fingerprint density at radius 2 is 1.82 bits per heavy atom. The molecule has 1 aromatic heterocycles. The Kier molecular flexibility index (Phi) is 4.46. The highest BCUT2D eigenvalue weighted by atomic mass is 19.4. The van der Waals surface area contributed by atoms with Crippen LogP contribution >= 0.6 is 0 Å². The van der Waals surface area contributed by atoms with Crippen LogP contribution in [0.4, 0.5) is 24.5 Å². The van der Waals surface area contributed by atoms with Crippen molar-refractivity contribution in [2.24, 2.45) is 4.99 Å². The fraction of sp³-hybridized carbons (Fsp3) is 0.150. The van der Waals surface area contributed by atoms with Gasteiger partial charge in [0.25, 0.3) is 0 Å². The molecule has 0 bridgehead atoms. The van der Waals surface area contributed by atoms with E-state index in [-0.39, 0.29) is 0 Å². The Balaban J connectivity index is 1.63. The number of rotatable bonds is 3. The summed E-state index contributed by atoms with van der Waals surface area (Å²) in [4.78, 5) is 14.6. The summed E-state index contributed by atoms with van der Waals surface area (Å²) in [6.45, 7) is 0.661. The van der Waals surface area contributed by atoms with Crippen LogP contribution in [-0.4, -0.2) is 29.8 Å². The third-order valence-corrected chi connectivity index (χ3v) is 4.31. The Morgan fingerprint density at radius 1 is 1.04 bits per heavy atom. The summed E-state index contributed by atoms with van der Waals surface area (Å²) in [5.41, 5.74) is 1.94. The van der Waals surface area contributed by atoms with Gasteiger partial charge in [-0.2, -0.15) is 13.2 Å². The topological polar surface area (TPSA) is 50.6 Å². The first-order valence-corrected chi connectivity index (χ1v) is 8.46. The largest absolute Gasteiger partial charge is 0.437 e. The highest BCUT2D eigenvalue weighted by molar-refractivity contribution is 5.85. The van der Waals surface area contributed by atoms with E-state index in [1.54, 1.807) is 6.07 Å². The van der Waals surface area contributed by atoms with Gasteiger partial charge in [-0.1, -0.05) is 18.2 Å². The second-order valence-electron chi connectivity index (χ2n) is 6.23. The van der Waals surface area contributed by atoms with E-state index in [9.17, 15) is 13.2 Å². The van der Waals surface area contributed by atoms with E-state index in [1.165, 1.54) is 18.5 Å². The van der Waals surface area contributed by atoms with Crippen molar-refractivity contribution in [3.63, 3.8) is 0 Å². The van der Waals surface area contributed by atoms with Crippen LogP contribution in [0.2, 0.25) is 0 Å². The predicted molar refractivity (Wildman–Crippen MR) is 100 cm³/mol. The van der Waals surface area contributed by atoms with Crippen LogP contribution in [0.5, 0.6) is 11.6 Å². The zero-order chi connectivity index (χ0) is 19.7. The quantitative estimate of drug-likeness (QED) is 0.630. The standard InChI is InChI=1S/C20H15F3N4O/c1-27-10-9-24-15-3-2-4-17(19(15)27)28-18-11-16(25-12-26-18)13-5-7-14(8-6-13)20(21,22)23/h2-9,11-12H,10H2,1H3. The molecule has 4 rings (SSSR count). The smallest absolute Gasteiger partial charge is 0.416 e. The van der Waals surface area contributed by atoms with Gasteiger partial charge >= 0.3 is 6.18 Å². The average molecular weight is 384 g/mol. The monoisotopic (exact) mass is 384 g/mol. The number of benzene rings is 2. The molecule has 0 atom stereocenters. The van der Waals surface area contributed by atoms with Gasteiger partial charge in [-0.05, 0) is 24.3 Å². The van der Waals surface area contributed by atoms with Crippen LogP contribution in [0, 0.1) is 0 Å². The molecule has 2 heterocycles. The Hall–Kier alpha value is -3.42. The van der Waals surface area contributed by atoms with E-state index in [0.717, 1.165) is 23.5 Å². The molecular formula is C20H15F3N4O. The maximum Gasteiger partial charge on any atom is 0.416 e. The van der Waals surface area contributed by atoms with Gasteiger partial charge in [0.05, 0.1) is 23.5 Å². The third-order valence-electron chi connectivity index (χ3n) is 4.31. The SMILES string of the molecule is CN1CC=Nc2cccc(Oc3cc(-c4ccc(C(F)(F)F)cc4)ncn3)c21. The zero-order valence-corrected chi connectivity index (χ0v) is 14.8. The molecule has 0 radical (unpaired) electrons. The molecule has 5 nitrogen and oxygen atoms in total. The first-order valence-electron chi connectivity index (χ1n) is 8.46. The molecule has 0 saturated heterocycles. The number of para-hydroxylation sites is 1. The summed E-state index contributed by atoms with van der Waals surface area (Å²) in [7, 11) is 1.94. The number of alkyl halides is 3. The van der Waals surface area contributed by atoms with Crippen molar-refractivity contribution < 1.29 is 17.9 Å². The number of aliphatic imine (C=N–C) groups is 1. The van der Waals surface area contributed by atoms with Crippen LogP contribution in [0.3, 0.4) is 0 Å². The molecule has 142 valence electrons. The third kappa shape index (κ3) is 3.53. The summed E-state index contributed by atoms with van der Waals surface area (Å²) in [5.74, 6) is 0.884. The lowest BCUT2D eigenvalue weighted by molar-refractivity contribution is -0.137. The van der Waals surface area contributed by atoms with Crippen molar-refractivity contribution in [1.29, 1.82) is 0 Å². The summed E-state index contributed by atoms with van der Waals surface area (Å²) in [6, 6.07) is 11.9. The summed E-state index contributed by atoms with van der Waals surface area (Å²) >= 11 is 0. The molecule has 0 unspecified atom stereocenters. The number of fused-ring (bicyclic) bond motifs is 1. The highest BCUT2D eigenvalue weighted by Crippen LogP contribution is 2.40. The minimum Gasteiger partial charge on any atom is -0.437 e. The number of aromatic nitrogens is 2. The maximum atomic E-state index is 12.7. The van der Waals surface area contributed by atoms with Gasteiger partial charge in [0, 0.05) is 24.9 Å². The normalized spacial score (nSPS) is 13.4. The van der Waals surface area contributed by atoms with Crippen molar-refractivity contribution in [1.82, 2.24) is 9.97 Å². The Bertz CT molecular complexity index is 1030.